The van der Waals surface area contributed by atoms with E-state index in [1.54, 1.807) is 31.3 Å². The van der Waals surface area contributed by atoms with Crippen LogP contribution in [0.25, 0.3) is 5.13 Å². The van der Waals surface area contributed by atoms with Crippen molar-refractivity contribution in [2.24, 2.45) is 0 Å². The van der Waals surface area contributed by atoms with Crippen LogP contribution in [-0.2, 0) is 13.2 Å². The maximum atomic E-state index is 13.0. The fourth-order valence-electron chi connectivity index (χ4n) is 3.01. The molecule has 1 N–H and O–H groups in total. The first-order valence-electron chi connectivity index (χ1n) is 9.89. The number of carbonyl (C=O) groups is 1. The zero-order valence-corrected chi connectivity index (χ0v) is 18.1. The molecule has 1 amide bonds. The predicted octanol–water partition coefficient (Wildman–Crippen LogP) is 4.25. The summed E-state index contributed by atoms with van der Waals surface area (Å²) in [4.78, 5) is 30.0. The molecule has 4 aromatic rings. The van der Waals surface area contributed by atoms with Gasteiger partial charge in [-0.15, -0.1) is 0 Å². The lowest BCUT2D eigenvalue weighted by Gasteiger charge is -2.07. The van der Waals surface area contributed by atoms with Crippen LogP contribution in [0.4, 0.5) is 4.39 Å². The highest BCUT2D eigenvalue weighted by Crippen LogP contribution is 2.21. The monoisotopic (exact) mass is 449 g/mol. The molecular formula is C24H20FN3O3S. The minimum Gasteiger partial charge on any atom is -0.489 e. The highest BCUT2D eigenvalue weighted by Gasteiger charge is 2.17. The van der Waals surface area contributed by atoms with Crippen molar-refractivity contribution < 1.29 is 13.9 Å². The SMILES string of the molecule is Cc1nc(-n2ccc(OCc3ccc(F)cc3)cc2=O)sc1C(=O)NCc1ccccc1. The van der Waals surface area contributed by atoms with Crippen LogP contribution >= 0.6 is 11.3 Å². The van der Waals surface area contributed by atoms with Crippen molar-refractivity contribution >= 4 is 17.2 Å². The van der Waals surface area contributed by atoms with Gasteiger partial charge in [0.1, 0.15) is 23.1 Å². The van der Waals surface area contributed by atoms with Gasteiger partial charge >= 0.3 is 0 Å². The summed E-state index contributed by atoms with van der Waals surface area (Å²) in [6.45, 7) is 2.36. The lowest BCUT2D eigenvalue weighted by molar-refractivity contribution is 0.0954. The van der Waals surface area contributed by atoms with E-state index in [-0.39, 0.29) is 23.9 Å². The third-order valence-electron chi connectivity index (χ3n) is 4.70. The molecule has 0 bridgehead atoms. The number of benzene rings is 2. The van der Waals surface area contributed by atoms with Crippen molar-refractivity contribution in [1.82, 2.24) is 14.9 Å². The molecule has 162 valence electrons. The minimum absolute atomic E-state index is 0.214. The van der Waals surface area contributed by atoms with Gasteiger partial charge in [0.15, 0.2) is 5.13 Å². The van der Waals surface area contributed by atoms with E-state index in [0.29, 0.717) is 28.0 Å². The van der Waals surface area contributed by atoms with Crippen LogP contribution in [0.3, 0.4) is 0 Å². The smallest absolute Gasteiger partial charge is 0.263 e. The molecule has 2 aromatic heterocycles. The van der Waals surface area contributed by atoms with Gasteiger partial charge in [-0.25, -0.2) is 9.37 Å². The molecule has 0 aliphatic carbocycles. The van der Waals surface area contributed by atoms with E-state index in [9.17, 15) is 14.0 Å². The molecule has 4 rings (SSSR count). The van der Waals surface area contributed by atoms with Gasteiger partial charge in [-0.2, -0.15) is 0 Å². The number of aromatic nitrogens is 2. The van der Waals surface area contributed by atoms with Gasteiger partial charge < -0.3 is 10.1 Å². The molecule has 0 saturated carbocycles. The number of hydrogen-bond acceptors (Lipinski definition) is 5. The molecule has 0 saturated heterocycles. The number of pyridine rings is 1. The second-order valence-electron chi connectivity index (χ2n) is 7.07. The summed E-state index contributed by atoms with van der Waals surface area (Å²) >= 11 is 1.15. The number of halogens is 1. The predicted molar refractivity (Wildman–Crippen MR) is 121 cm³/mol. The third kappa shape index (κ3) is 5.09. The van der Waals surface area contributed by atoms with E-state index in [1.807, 2.05) is 30.3 Å². The molecule has 0 aliphatic rings. The number of hydrogen-bond donors (Lipinski definition) is 1. The first-order chi connectivity index (χ1) is 15.5. The number of aryl methyl sites for hydroxylation is 1. The number of ether oxygens (including phenoxy) is 1. The maximum Gasteiger partial charge on any atom is 0.263 e. The van der Waals surface area contributed by atoms with Crippen molar-refractivity contribution in [3.63, 3.8) is 0 Å². The Balaban J connectivity index is 1.44. The van der Waals surface area contributed by atoms with E-state index in [1.165, 1.54) is 22.8 Å². The Labute approximate surface area is 188 Å². The fraction of sp³-hybridized carbons (Fsp3) is 0.125. The largest absolute Gasteiger partial charge is 0.489 e. The van der Waals surface area contributed by atoms with Gasteiger partial charge in [0, 0.05) is 18.8 Å². The second kappa shape index (κ2) is 9.57. The molecule has 8 heteroatoms. The Morgan fingerprint density at radius 2 is 1.84 bits per heavy atom. The van der Waals surface area contributed by atoms with Crippen molar-refractivity contribution in [2.75, 3.05) is 0 Å². The molecule has 2 aromatic carbocycles. The normalized spacial score (nSPS) is 10.7. The van der Waals surface area contributed by atoms with Crippen LogP contribution in [0.15, 0.2) is 77.7 Å². The van der Waals surface area contributed by atoms with Gasteiger partial charge in [-0.3, -0.25) is 14.2 Å². The molecule has 0 aliphatic heterocycles. The summed E-state index contributed by atoms with van der Waals surface area (Å²) in [6, 6.07) is 18.6. The number of rotatable bonds is 7. The van der Waals surface area contributed by atoms with Gasteiger partial charge in [0.25, 0.3) is 11.5 Å². The number of amides is 1. The highest BCUT2D eigenvalue weighted by atomic mass is 32.1. The van der Waals surface area contributed by atoms with Crippen LogP contribution in [0, 0.1) is 12.7 Å². The molecule has 0 radical (unpaired) electrons. The zero-order valence-electron chi connectivity index (χ0n) is 17.2. The fourth-order valence-corrected chi connectivity index (χ4v) is 3.98. The standard InChI is InChI=1S/C24H20FN3O3S/c1-16-22(23(30)26-14-17-5-3-2-4-6-17)32-24(27-16)28-12-11-20(13-21(28)29)31-15-18-7-9-19(25)10-8-18/h2-13H,14-15H2,1H3,(H,26,30). The minimum atomic E-state index is -0.327. The Morgan fingerprint density at radius 3 is 2.56 bits per heavy atom. The molecular weight excluding hydrogens is 429 g/mol. The Morgan fingerprint density at radius 1 is 1.09 bits per heavy atom. The average molecular weight is 450 g/mol. The molecule has 0 unspecified atom stereocenters. The number of thiazole rings is 1. The first kappa shape index (κ1) is 21.5. The van der Waals surface area contributed by atoms with Crippen LogP contribution < -0.4 is 15.6 Å². The van der Waals surface area contributed by atoms with E-state index >= 15 is 0 Å². The van der Waals surface area contributed by atoms with E-state index < -0.39 is 0 Å². The highest BCUT2D eigenvalue weighted by molar-refractivity contribution is 7.16. The lowest BCUT2D eigenvalue weighted by Crippen LogP contribution is -2.22. The Bertz CT molecular complexity index is 1280. The number of nitrogens with one attached hydrogen (secondary N) is 1. The maximum absolute atomic E-state index is 13.0. The second-order valence-corrected chi connectivity index (χ2v) is 8.04. The quantitative estimate of drug-likeness (QED) is 0.458. The van der Waals surface area contributed by atoms with Crippen LogP contribution in [0.5, 0.6) is 5.75 Å². The molecule has 32 heavy (non-hydrogen) atoms. The lowest BCUT2D eigenvalue weighted by atomic mass is 10.2. The topological polar surface area (TPSA) is 73.2 Å². The van der Waals surface area contributed by atoms with Gasteiger partial charge in [0.05, 0.1) is 5.69 Å². The van der Waals surface area contributed by atoms with Crippen molar-refractivity contribution in [3.8, 4) is 10.9 Å². The van der Waals surface area contributed by atoms with Crippen LogP contribution in [0.2, 0.25) is 0 Å². The summed E-state index contributed by atoms with van der Waals surface area (Å²) in [5, 5.41) is 3.29. The van der Waals surface area contributed by atoms with E-state index in [4.69, 9.17) is 4.74 Å². The Kier molecular flexibility index (Phi) is 6.42. The molecule has 0 atom stereocenters. The first-order valence-corrected chi connectivity index (χ1v) is 10.7. The summed E-state index contributed by atoms with van der Waals surface area (Å²) in [7, 11) is 0. The number of nitrogens with zero attached hydrogens (tertiary/aromatic N) is 2. The van der Waals surface area contributed by atoms with Gasteiger partial charge in [-0.1, -0.05) is 53.8 Å². The summed E-state index contributed by atoms with van der Waals surface area (Å²) in [5.74, 6) is -0.157. The van der Waals surface area contributed by atoms with Crippen LogP contribution in [-0.4, -0.2) is 15.5 Å². The van der Waals surface area contributed by atoms with Crippen LogP contribution in [0.1, 0.15) is 26.5 Å². The molecule has 6 nitrogen and oxygen atoms in total. The van der Waals surface area contributed by atoms with Gasteiger partial charge in [-0.05, 0) is 36.2 Å². The van der Waals surface area contributed by atoms with Crippen molar-refractivity contribution in [3.05, 3.63) is 111 Å². The molecule has 0 spiro atoms. The molecule has 2 heterocycles. The summed E-state index contributed by atoms with van der Waals surface area (Å²) < 4.78 is 20.0. The number of carbonyl (C=O) groups excluding carboxylic acids is 1. The average Bonchev–Trinajstić information content (AvgIpc) is 3.19. The van der Waals surface area contributed by atoms with Crippen molar-refractivity contribution in [2.45, 2.75) is 20.1 Å². The molecule has 0 fully saturated rings. The zero-order chi connectivity index (χ0) is 22.5. The van der Waals surface area contributed by atoms with E-state index in [0.717, 1.165) is 22.5 Å². The summed E-state index contributed by atoms with van der Waals surface area (Å²) in [6.07, 6.45) is 1.56. The third-order valence-corrected chi connectivity index (χ3v) is 5.86. The van der Waals surface area contributed by atoms with Crippen molar-refractivity contribution in [1.29, 1.82) is 0 Å². The Hall–Kier alpha value is -3.78. The van der Waals surface area contributed by atoms with Gasteiger partial charge in [0.2, 0.25) is 0 Å². The van der Waals surface area contributed by atoms with E-state index in [2.05, 4.69) is 10.3 Å². The summed E-state index contributed by atoms with van der Waals surface area (Å²) in [5.41, 5.74) is 2.01.